The average Bonchev–Trinajstić information content (AvgIpc) is 1.36. The summed E-state index contributed by atoms with van der Waals surface area (Å²) in [5, 5.41) is 8.06. The number of carbonyl (C=O) groups is 1. The first kappa shape index (κ1) is 5.64. The van der Waals surface area contributed by atoms with Gasteiger partial charge in [0.1, 0.15) is 0 Å². The van der Waals surface area contributed by atoms with E-state index in [9.17, 15) is 4.79 Å². The van der Waals surface area contributed by atoms with E-state index in [1.54, 1.807) is 9.24 Å². The zero-order valence-electron chi connectivity index (χ0n) is 3.14. The number of aliphatic hydroxyl groups excluding tert-OH is 1. The second-order valence-electron chi connectivity index (χ2n) is 0.811. The van der Waals surface area contributed by atoms with Crippen LogP contribution in [0.25, 0.3) is 0 Å². The summed E-state index contributed by atoms with van der Waals surface area (Å²) in [4.78, 5) is 9.76. The van der Waals surface area contributed by atoms with E-state index in [1.165, 1.54) is 0 Å². The molecule has 1 atom stereocenters. The fraction of sp³-hybridized carbons (Fsp3) is 0. The summed E-state index contributed by atoms with van der Waals surface area (Å²) in [7, 11) is 1.78. The Labute approximate surface area is 38.1 Å². The van der Waals surface area contributed by atoms with Gasteiger partial charge in [-0.05, 0) is 0 Å². The first-order chi connectivity index (χ1) is 2.64. The van der Waals surface area contributed by atoms with Crippen LogP contribution >= 0.6 is 9.24 Å². The summed E-state index contributed by atoms with van der Waals surface area (Å²) in [5.41, 5.74) is -0.463. The van der Waals surface area contributed by atoms with E-state index < -0.39 is 11.3 Å². The van der Waals surface area contributed by atoms with E-state index in [0.29, 0.717) is 0 Å². The first-order valence-electron chi connectivity index (χ1n) is 1.32. The quantitative estimate of drug-likeness (QED) is 0.298. The summed E-state index contributed by atoms with van der Waals surface area (Å²) in [6.45, 7) is 2.94. The van der Waals surface area contributed by atoms with E-state index >= 15 is 0 Å². The van der Waals surface area contributed by atoms with Gasteiger partial charge in [0.15, 0.2) is 5.76 Å². The SMILES string of the molecule is C=C(O)C(=O)P. The maximum absolute atomic E-state index is 9.76. The Morgan fingerprint density at radius 3 is 2.00 bits per heavy atom. The van der Waals surface area contributed by atoms with Gasteiger partial charge in [-0.3, -0.25) is 4.79 Å². The maximum Gasteiger partial charge on any atom is 0.211 e. The zero-order chi connectivity index (χ0) is 5.15. The molecule has 0 aromatic heterocycles. The summed E-state index contributed by atoms with van der Waals surface area (Å²) in [5.74, 6) is -0.417. The van der Waals surface area contributed by atoms with Crippen LogP contribution in [0.15, 0.2) is 12.3 Å². The minimum Gasteiger partial charge on any atom is -0.505 e. The lowest BCUT2D eigenvalue weighted by Crippen LogP contribution is -1.84. The van der Waals surface area contributed by atoms with Gasteiger partial charge in [-0.15, -0.1) is 0 Å². The lowest BCUT2D eigenvalue weighted by molar-refractivity contribution is -0.110. The molecule has 0 saturated heterocycles. The minimum atomic E-state index is -0.463. The lowest BCUT2D eigenvalue weighted by atomic mass is 10.6. The molecule has 0 spiro atoms. The van der Waals surface area contributed by atoms with Crippen molar-refractivity contribution >= 4 is 14.8 Å². The molecule has 2 nitrogen and oxygen atoms in total. The third-order valence-corrected chi connectivity index (χ3v) is 0.618. The Bertz CT molecular complexity index is 74.8. The minimum absolute atomic E-state index is 0.417. The van der Waals surface area contributed by atoms with Crippen molar-refractivity contribution in [2.24, 2.45) is 0 Å². The Hall–Kier alpha value is -0.360. The van der Waals surface area contributed by atoms with E-state index in [2.05, 4.69) is 6.58 Å². The molecule has 0 radical (unpaired) electrons. The van der Waals surface area contributed by atoms with E-state index in [0.717, 1.165) is 0 Å². The molecule has 34 valence electrons. The predicted molar refractivity (Wildman–Crippen MR) is 26.5 cm³/mol. The van der Waals surface area contributed by atoms with Gasteiger partial charge in [-0.2, -0.15) is 0 Å². The highest BCUT2D eigenvalue weighted by molar-refractivity contribution is 7.41. The van der Waals surface area contributed by atoms with Crippen LogP contribution in [0.2, 0.25) is 0 Å². The van der Waals surface area contributed by atoms with Crippen molar-refractivity contribution in [1.29, 1.82) is 0 Å². The van der Waals surface area contributed by atoms with Crippen molar-refractivity contribution < 1.29 is 9.90 Å². The molecule has 0 saturated carbocycles. The molecule has 0 heterocycles. The summed E-state index contributed by atoms with van der Waals surface area (Å²) >= 11 is 0. The van der Waals surface area contributed by atoms with Crippen molar-refractivity contribution in [2.45, 2.75) is 0 Å². The Kier molecular flexibility index (Phi) is 1.82. The molecular formula is C3H5O2P. The molecule has 0 bridgehead atoms. The molecular weight excluding hydrogens is 99.0 g/mol. The lowest BCUT2D eigenvalue weighted by Gasteiger charge is -1.80. The molecule has 0 aliphatic heterocycles. The van der Waals surface area contributed by atoms with Gasteiger partial charge in [0.25, 0.3) is 0 Å². The highest BCUT2D eigenvalue weighted by atomic mass is 31.0. The molecule has 1 unspecified atom stereocenters. The van der Waals surface area contributed by atoms with Crippen LogP contribution in [0.3, 0.4) is 0 Å². The normalized spacial score (nSPS) is 7.50. The molecule has 0 aliphatic carbocycles. The van der Waals surface area contributed by atoms with Crippen LogP contribution in [0.4, 0.5) is 0 Å². The standard InChI is InChI=1S/C3H5O2P/c1-2(4)3(5)6/h4H,1,6H2. The molecule has 0 rings (SSSR count). The van der Waals surface area contributed by atoms with Gasteiger partial charge in [-0.25, -0.2) is 0 Å². The molecule has 3 heteroatoms. The molecule has 0 fully saturated rings. The largest absolute Gasteiger partial charge is 0.505 e. The van der Waals surface area contributed by atoms with Crippen molar-refractivity contribution in [1.82, 2.24) is 0 Å². The molecule has 0 aromatic rings. The maximum atomic E-state index is 9.76. The van der Waals surface area contributed by atoms with Crippen molar-refractivity contribution in [3.63, 3.8) is 0 Å². The van der Waals surface area contributed by atoms with Crippen molar-refractivity contribution in [3.05, 3.63) is 12.3 Å². The third-order valence-electron chi connectivity index (χ3n) is 0.284. The second-order valence-corrected chi connectivity index (χ2v) is 1.34. The van der Waals surface area contributed by atoms with E-state index in [-0.39, 0.29) is 0 Å². The number of aliphatic hydroxyl groups is 1. The van der Waals surface area contributed by atoms with Crippen LogP contribution in [0.1, 0.15) is 0 Å². The highest BCUT2D eigenvalue weighted by Gasteiger charge is 1.89. The number of hydrogen-bond acceptors (Lipinski definition) is 2. The van der Waals surface area contributed by atoms with Crippen LogP contribution in [-0.2, 0) is 4.79 Å². The monoisotopic (exact) mass is 104 g/mol. The van der Waals surface area contributed by atoms with Crippen molar-refractivity contribution in [2.75, 3.05) is 0 Å². The number of carbonyl (C=O) groups excluding carboxylic acids is 1. The zero-order valence-corrected chi connectivity index (χ0v) is 4.29. The second kappa shape index (κ2) is 1.93. The molecule has 6 heavy (non-hydrogen) atoms. The highest BCUT2D eigenvalue weighted by Crippen LogP contribution is 1.91. The Morgan fingerprint density at radius 2 is 2.00 bits per heavy atom. The number of allylic oxidation sites excluding steroid dienone is 1. The van der Waals surface area contributed by atoms with Gasteiger partial charge in [0, 0.05) is 0 Å². The molecule has 1 N–H and O–H groups in total. The third kappa shape index (κ3) is 1.91. The van der Waals surface area contributed by atoms with Crippen molar-refractivity contribution in [3.8, 4) is 0 Å². The van der Waals surface area contributed by atoms with Crippen LogP contribution < -0.4 is 0 Å². The average molecular weight is 104 g/mol. The van der Waals surface area contributed by atoms with E-state index in [1.807, 2.05) is 0 Å². The van der Waals surface area contributed by atoms with Crippen LogP contribution in [0.5, 0.6) is 0 Å². The Morgan fingerprint density at radius 1 is 1.83 bits per heavy atom. The number of rotatable bonds is 1. The number of hydrogen-bond donors (Lipinski definition) is 1. The van der Waals surface area contributed by atoms with E-state index in [4.69, 9.17) is 5.11 Å². The van der Waals surface area contributed by atoms with Gasteiger partial charge in [-0.1, -0.05) is 15.8 Å². The van der Waals surface area contributed by atoms with Gasteiger partial charge >= 0.3 is 0 Å². The first-order valence-corrected chi connectivity index (χ1v) is 1.90. The summed E-state index contributed by atoms with van der Waals surface area (Å²) in [6, 6.07) is 0. The Balaban J connectivity index is 3.57. The fourth-order valence-electron chi connectivity index (χ4n) is 0. The van der Waals surface area contributed by atoms with Crippen LogP contribution in [0, 0.1) is 0 Å². The molecule has 0 aromatic carbocycles. The van der Waals surface area contributed by atoms with Gasteiger partial charge in [0.2, 0.25) is 5.52 Å². The molecule has 0 aliphatic rings. The smallest absolute Gasteiger partial charge is 0.211 e. The summed E-state index contributed by atoms with van der Waals surface area (Å²) < 4.78 is 0. The van der Waals surface area contributed by atoms with Crippen LogP contribution in [-0.4, -0.2) is 10.6 Å². The van der Waals surface area contributed by atoms with Gasteiger partial charge < -0.3 is 5.11 Å². The fourth-order valence-corrected chi connectivity index (χ4v) is 0. The molecule has 0 amide bonds. The summed E-state index contributed by atoms with van der Waals surface area (Å²) in [6.07, 6.45) is 0. The predicted octanol–water partition coefficient (Wildman–Crippen LogP) is 0.460. The topological polar surface area (TPSA) is 37.3 Å². The van der Waals surface area contributed by atoms with Gasteiger partial charge in [0.05, 0.1) is 0 Å².